The second kappa shape index (κ2) is 7.02. The third kappa shape index (κ3) is 3.24. The summed E-state index contributed by atoms with van der Waals surface area (Å²) in [4.78, 5) is 33.8. The molecule has 0 aliphatic heterocycles. The van der Waals surface area contributed by atoms with Gasteiger partial charge in [0.1, 0.15) is 17.3 Å². The molecule has 26 heavy (non-hydrogen) atoms. The Morgan fingerprint density at radius 1 is 1.27 bits per heavy atom. The van der Waals surface area contributed by atoms with Crippen LogP contribution in [0.5, 0.6) is 0 Å². The molecule has 0 amide bonds. The molecule has 1 aliphatic rings. The molecule has 2 aromatic heterocycles. The van der Waals surface area contributed by atoms with Gasteiger partial charge in [0.05, 0.1) is 16.0 Å². The first-order valence-electron chi connectivity index (χ1n) is 8.18. The van der Waals surface area contributed by atoms with Crippen molar-refractivity contribution in [3.8, 4) is 0 Å². The second-order valence-corrected chi connectivity index (χ2v) is 8.03. The van der Waals surface area contributed by atoms with Crippen LogP contribution in [0.15, 0.2) is 23.0 Å². The van der Waals surface area contributed by atoms with Gasteiger partial charge in [-0.2, -0.15) is 0 Å². The highest BCUT2D eigenvalue weighted by Gasteiger charge is 2.20. The van der Waals surface area contributed by atoms with E-state index in [1.54, 1.807) is 17.4 Å². The van der Waals surface area contributed by atoms with Crippen LogP contribution in [-0.2, 0) is 24.2 Å². The number of nitrogens with one attached hydrogen (secondary N) is 1. The van der Waals surface area contributed by atoms with Crippen molar-refractivity contribution >= 4 is 50.7 Å². The van der Waals surface area contributed by atoms with Gasteiger partial charge in [0.25, 0.3) is 5.56 Å². The molecule has 1 N–H and O–H groups in total. The number of benzene rings is 1. The fraction of sp³-hybridized carbons (Fsp3) is 0.278. The lowest BCUT2D eigenvalue weighted by molar-refractivity contribution is 0.0462. The molecular weight excluding hydrogens is 395 g/mol. The van der Waals surface area contributed by atoms with Crippen molar-refractivity contribution in [2.45, 2.75) is 32.3 Å². The van der Waals surface area contributed by atoms with Crippen molar-refractivity contribution in [3.05, 3.63) is 60.4 Å². The first kappa shape index (κ1) is 17.5. The molecule has 2 heterocycles. The van der Waals surface area contributed by atoms with Gasteiger partial charge in [0.2, 0.25) is 0 Å². The zero-order valence-electron chi connectivity index (χ0n) is 13.6. The Bertz CT molecular complexity index is 1070. The van der Waals surface area contributed by atoms with E-state index >= 15 is 0 Å². The lowest BCUT2D eigenvalue weighted by atomic mass is 9.97. The Labute approximate surface area is 162 Å². The highest BCUT2D eigenvalue weighted by atomic mass is 35.5. The van der Waals surface area contributed by atoms with Crippen LogP contribution in [0.25, 0.3) is 10.2 Å². The zero-order chi connectivity index (χ0) is 18.3. The Morgan fingerprint density at radius 3 is 2.88 bits per heavy atom. The maximum Gasteiger partial charge on any atom is 0.340 e. The normalized spacial score (nSPS) is 13.6. The van der Waals surface area contributed by atoms with Crippen LogP contribution in [0.3, 0.4) is 0 Å². The zero-order valence-corrected chi connectivity index (χ0v) is 15.9. The van der Waals surface area contributed by atoms with E-state index in [0.717, 1.165) is 31.2 Å². The number of rotatable bonds is 3. The van der Waals surface area contributed by atoms with Gasteiger partial charge in [0, 0.05) is 9.90 Å². The Kier molecular flexibility index (Phi) is 4.73. The summed E-state index contributed by atoms with van der Waals surface area (Å²) >= 11 is 13.4. The Morgan fingerprint density at radius 2 is 2.08 bits per heavy atom. The summed E-state index contributed by atoms with van der Waals surface area (Å²) in [6.07, 6.45) is 4.15. The molecule has 0 fully saturated rings. The smallest absolute Gasteiger partial charge is 0.340 e. The molecular formula is C18H14Cl2N2O3S. The lowest BCUT2D eigenvalue weighted by Crippen LogP contribution is -2.15. The highest BCUT2D eigenvalue weighted by Crippen LogP contribution is 2.33. The number of fused-ring (bicyclic) bond motifs is 3. The largest absolute Gasteiger partial charge is 0.454 e. The molecule has 0 bridgehead atoms. The number of aryl methyl sites for hydroxylation is 2. The molecule has 0 unspecified atom stereocenters. The summed E-state index contributed by atoms with van der Waals surface area (Å²) in [5.41, 5.74) is 1.16. The molecule has 4 rings (SSSR count). The van der Waals surface area contributed by atoms with Crippen molar-refractivity contribution in [2.75, 3.05) is 0 Å². The molecule has 8 heteroatoms. The van der Waals surface area contributed by atoms with Crippen molar-refractivity contribution in [1.29, 1.82) is 0 Å². The fourth-order valence-electron chi connectivity index (χ4n) is 3.14. The topological polar surface area (TPSA) is 72.0 Å². The van der Waals surface area contributed by atoms with E-state index in [1.165, 1.54) is 17.0 Å². The summed E-state index contributed by atoms with van der Waals surface area (Å²) in [7, 11) is 0. The lowest BCUT2D eigenvalue weighted by Gasteiger charge is -2.09. The fourth-order valence-corrected chi connectivity index (χ4v) is 4.91. The SMILES string of the molecule is O=C(OCc1nc2sc3c(c2c(=O)[nH]1)CCCC3)c1ccc(Cl)cc1Cl. The Hall–Kier alpha value is -1.89. The number of nitrogens with zero attached hydrogens (tertiary/aromatic N) is 1. The van der Waals surface area contributed by atoms with E-state index in [9.17, 15) is 9.59 Å². The van der Waals surface area contributed by atoms with Gasteiger partial charge in [-0.15, -0.1) is 11.3 Å². The minimum Gasteiger partial charge on any atom is -0.454 e. The van der Waals surface area contributed by atoms with Gasteiger partial charge in [-0.05, 0) is 49.4 Å². The average molecular weight is 409 g/mol. The Balaban J connectivity index is 1.58. The molecule has 0 radical (unpaired) electrons. The van der Waals surface area contributed by atoms with Gasteiger partial charge < -0.3 is 9.72 Å². The van der Waals surface area contributed by atoms with E-state index in [4.69, 9.17) is 27.9 Å². The van der Waals surface area contributed by atoms with Gasteiger partial charge in [-0.25, -0.2) is 9.78 Å². The number of ether oxygens (including phenoxy) is 1. The van der Waals surface area contributed by atoms with Gasteiger partial charge in [0.15, 0.2) is 0 Å². The summed E-state index contributed by atoms with van der Waals surface area (Å²) in [6.45, 7) is -0.133. The van der Waals surface area contributed by atoms with E-state index in [-0.39, 0.29) is 22.8 Å². The molecule has 0 spiro atoms. The van der Waals surface area contributed by atoms with Crippen LogP contribution in [0, 0.1) is 0 Å². The van der Waals surface area contributed by atoms with Crippen LogP contribution in [0.4, 0.5) is 0 Å². The number of esters is 1. The number of H-pyrrole nitrogens is 1. The van der Waals surface area contributed by atoms with Crippen LogP contribution >= 0.6 is 34.5 Å². The second-order valence-electron chi connectivity index (χ2n) is 6.10. The van der Waals surface area contributed by atoms with Gasteiger partial charge in [-0.3, -0.25) is 4.79 Å². The van der Waals surface area contributed by atoms with Crippen LogP contribution in [0.2, 0.25) is 10.0 Å². The molecule has 3 aromatic rings. The van der Waals surface area contributed by atoms with Crippen LogP contribution < -0.4 is 5.56 Å². The first-order chi connectivity index (χ1) is 12.5. The van der Waals surface area contributed by atoms with E-state index < -0.39 is 5.97 Å². The van der Waals surface area contributed by atoms with Crippen molar-refractivity contribution < 1.29 is 9.53 Å². The number of carbonyl (C=O) groups excluding carboxylic acids is 1. The third-order valence-electron chi connectivity index (χ3n) is 4.37. The predicted octanol–water partition coefficient (Wildman–Crippen LogP) is 4.53. The molecule has 1 aromatic carbocycles. The van der Waals surface area contributed by atoms with Gasteiger partial charge in [-0.1, -0.05) is 23.2 Å². The van der Waals surface area contributed by atoms with Crippen LogP contribution in [-0.4, -0.2) is 15.9 Å². The first-order valence-corrected chi connectivity index (χ1v) is 9.76. The minimum absolute atomic E-state index is 0.133. The molecule has 0 saturated carbocycles. The maximum atomic E-state index is 12.5. The van der Waals surface area contributed by atoms with E-state index in [1.807, 2.05) is 0 Å². The minimum atomic E-state index is -0.597. The number of hydrogen-bond acceptors (Lipinski definition) is 5. The van der Waals surface area contributed by atoms with E-state index in [2.05, 4.69) is 9.97 Å². The van der Waals surface area contributed by atoms with Crippen molar-refractivity contribution in [2.24, 2.45) is 0 Å². The summed E-state index contributed by atoms with van der Waals surface area (Å²) in [5.74, 6) is -0.278. The molecule has 134 valence electrons. The van der Waals surface area contributed by atoms with Crippen molar-refractivity contribution in [3.63, 3.8) is 0 Å². The number of aromatic amines is 1. The van der Waals surface area contributed by atoms with Gasteiger partial charge >= 0.3 is 5.97 Å². The maximum absolute atomic E-state index is 12.5. The number of hydrogen-bond donors (Lipinski definition) is 1. The van der Waals surface area contributed by atoms with Crippen molar-refractivity contribution in [1.82, 2.24) is 9.97 Å². The van der Waals surface area contributed by atoms with Crippen LogP contribution in [0.1, 0.15) is 39.5 Å². The number of halogens is 2. The predicted molar refractivity (Wildman–Crippen MR) is 102 cm³/mol. The summed E-state index contributed by atoms with van der Waals surface area (Å²) in [6, 6.07) is 4.54. The molecule has 0 saturated heterocycles. The summed E-state index contributed by atoms with van der Waals surface area (Å²) in [5, 5.41) is 1.33. The number of carbonyl (C=O) groups is 1. The van der Waals surface area contributed by atoms with E-state index in [0.29, 0.717) is 21.1 Å². The molecule has 1 aliphatic carbocycles. The third-order valence-corrected chi connectivity index (χ3v) is 6.10. The average Bonchev–Trinajstić information content (AvgIpc) is 2.98. The monoisotopic (exact) mass is 408 g/mol. The summed E-state index contributed by atoms with van der Waals surface area (Å²) < 4.78 is 5.25. The highest BCUT2D eigenvalue weighted by molar-refractivity contribution is 7.18. The molecule has 5 nitrogen and oxygen atoms in total. The number of thiophene rings is 1. The standard InChI is InChI=1S/C18H14Cl2N2O3S/c19-9-5-6-10(12(20)7-9)18(24)25-8-14-21-16(23)15-11-3-1-2-4-13(11)26-17(15)22-14/h5-7H,1-4,8H2,(H,21,22,23). The quantitative estimate of drug-likeness (QED) is 0.646. The number of aromatic nitrogens is 2. The molecule has 0 atom stereocenters.